The van der Waals surface area contributed by atoms with Crippen molar-refractivity contribution < 1.29 is 0 Å². The fraction of sp³-hybridized carbons (Fsp3) is 0.600. The van der Waals surface area contributed by atoms with E-state index in [-0.39, 0.29) is 0 Å². The van der Waals surface area contributed by atoms with Gasteiger partial charge in [0.1, 0.15) is 0 Å². The third kappa shape index (κ3) is 2.56. The van der Waals surface area contributed by atoms with Crippen LogP contribution in [0.3, 0.4) is 0 Å². The summed E-state index contributed by atoms with van der Waals surface area (Å²) < 4.78 is 1.92. The lowest BCUT2D eigenvalue weighted by atomic mass is 10.6. The number of hydrogen-bond acceptors (Lipinski definition) is 4. The molecule has 0 unspecified atom stereocenters. The smallest absolute Gasteiger partial charge is 0.131 e. The summed E-state index contributed by atoms with van der Waals surface area (Å²) in [4.78, 5) is 0. The van der Waals surface area contributed by atoms with E-state index in [1.807, 2.05) is 0 Å². The number of hydrogen-bond donors (Lipinski definition) is 0. The van der Waals surface area contributed by atoms with Gasteiger partial charge in [0.05, 0.1) is 0 Å². The van der Waals surface area contributed by atoms with Gasteiger partial charge in [-0.05, 0) is 22.4 Å². The molecular weight excluding hydrogens is 232 g/mol. The molecule has 0 aliphatic carbocycles. The summed E-state index contributed by atoms with van der Waals surface area (Å²) in [5, 5.41) is 7.77. The summed E-state index contributed by atoms with van der Waals surface area (Å²) in [7, 11) is 0. The van der Waals surface area contributed by atoms with Crippen LogP contribution in [-0.2, 0) is 0 Å². The quantitative estimate of drug-likeness (QED) is 0.758. The van der Waals surface area contributed by atoms with Crippen molar-refractivity contribution in [3.8, 4) is 0 Å². The fourth-order valence-corrected chi connectivity index (χ4v) is 2.81. The Labute approximate surface area is 76.6 Å². The molecule has 0 N–H and O–H groups in total. The topological polar surface area (TPSA) is 25.8 Å². The second-order valence-corrected chi connectivity index (χ2v) is 5.26. The zero-order valence-electron chi connectivity index (χ0n) is 5.50. The summed E-state index contributed by atoms with van der Waals surface area (Å²) in [6.07, 6.45) is 1.18. The first-order valence-corrected chi connectivity index (χ1v) is 5.54. The Morgan fingerprint density at radius 1 is 1.60 bits per heavy atom. The highest BCUT2D eigenvalue weighted by Crippen LogP contribution is 2.25. The zero-order valence-corrected chi connectivity index (χ0v) is 8.72. The van der Waals surface area contributed by atoms with Crippen molar-refractivity contribution in [3.05, 3.63) is 3.92 Å². The van der Waals surface area contributed by atoms with Crippen LogP contribution in [0.15, 0.2) is 8.26 Å². The van der Waals surface area contributed by atoms with Crippen LogP contribution in [0.25, 0.3) is 0 Å². The number of nitrogens with zero attached hydrogens (tertiary/aromatic N) is 2. The van der Waals surface area contributed by atoms with Gasteiger partial charge in [0, 0.05) is 5.75 Å². The van der Waals surface area contributed by atoms with Gasteiger partial charge in [-0.3, -0.25) is 0 Å². The number of thioether (sulfide) groups is 1. The molecular formula is C5H7BrN2S2. The summed E-state index contributed by atoms with van der Waals surface area (Å²) in [6.45, 7) is 2.16. The molecule has 0 aliphatic rings. The van der Waals surface area contributed by atoms with Gasteiger partial charge >= 0.3 is 0 Å². The van der Waals surface area contributed by atoms with E-state index in [0.717, 1.165) is 14.0 Å². The predicted molar refractivity (Wildman–Crippen MR) is 48.6 cm³/mol. The molecule has 0 amide bonds. The van der Waals surface area contributed by atoms with E-state index >= 15 is 0 Å². The molecule has 0 aromatic carbocycles. The minimum Gasteiger partial charge on any atom is -0.131 e. The highest BCUT2D eigenvalue weighted by Gasteiger charge is 1.99. The van der Waals surface area contributed by atoms with Crippen molar-refractivity contribution in [2.75, 3.05) is 5.75 Å². The van der Waals surface area contributed by atoms with E-state index in [1.165, 1.54) is 6.42 Å². The van der Waals surface area contributed by atoms with Crippen LogP contribution in [0.1, 0.15) is 13.3 Å². The van der Waals surface area contributed by atoms with Crippen molar-refractivity contribution in [2.24, 2.45) is 0 Å². The second-order valence-electron chi connectivity index (χ2n) is 1.67. The van der Waals surface area contributed by atoms with E-state index < -0.39 is 0 Å². The van der Waals surface area contributed by atoms with Crippen molar-refractivity contribution in [1.29, 1.82) is 0 Å². The van der Waals surface area contributed by atoms with Gasteiger partial charge < -0.3 is 0 Å². The van der Waals surface area contributed by atoms with Gasteiger partial charge in [-0.25, -0.2) is 0 Å². The molecule has 10 heavy (non-hydrogen) atoms. The Kier molecular flexibility index (Phi) is 3.65. The van der Waals surface area contributed by atoms with E-state index in [2.05, 4.69) is 33.1 Å². The molecule has 1 aromatic heterocycles. The molecule has 0 radical (unpaired) electrons. The van der Waals surface area contributed by atoms with Crippen LogP contribution in [0.4, 0.5) is 0 Å². The number of aromatic nitrogens is 2. The first-order valence-electron chi connectivity index (χ1n) is 2.94. The molecule has 0 bridgehead atoms. The molecule has 0 saturated carbocycles. The van der Waals surface area contributed by atoms with Gasteiger partial charge in [0.15, 0.2) is 8.26 Å². The van der Waals surface area contributed by atoms with Crippen LogP contribution < -0.4 is 0 Å². The van der Waals surface area contributed by atoms with E-state index in [9.17, 15) is 0 Å². The summed E-state index contributed by atoms with van der Waals surface area (Å²) >= 11 is 6.60. The molecule has 0 fully saturated rings. The molecule has 5 heteroatoms. The normalized spacial score (nSPS) is 10.2. The SMILES string of the molecule is CCCSc1nnc(Br)s1. The van der Waals surface area contributed by atoms with E-state index in [1.54, 1.807) is 23.1 Å². The highest BCUT2D eigenvalue weighted by atomic mass is 79.9. The maximum absolute atomic E-state index is 3.94. The van der Waals surface area contributed by atoms with Crippen molar-refractivity contribution in [2.45, 2.75) is 17.7 Å². The third-order valence-corrected chi connectivity index (χ3v) is 3.51. The molecule has 0 spiro atoms. The predicted octanol–water partition coefficient (Wildman–Crippen LogP) is 2.80. The summed E-state index contributed by atoms with van der Waals surface area (Å²) in [6, 6.07) is 0. The number of rotatable bonds is 3. The van der Waals surface area contributed by atoms with Crippen molar-refractivity contribution in [1.82, 2.24) is 10.2 Å². The average Bonchev–Trinajstić information content (AvgIpc) is 2.31. The van der Waals surface area contributed by atoms with Gasteiger partial charge in [0.2, 0.25) is 0 Å². The molecule has 0 aliphatic heterocycles. The lowest BCUT2D eigenvalue weighted by molar-refractivity contribution is 0.993. The highest BCUT2D eigenvalue weighted by molar-refractivity contribution is 9.11. The van der Waals surface area contributed by atoms with Crippen molar-refractivity contribution >= 4 is 39.0 Å². The average molecular weight is 239 g/mol. The van der Waals surface area contributed by atoms with Gasteiger partial charge in [-0.2, -0.15) is 0 Å². The van der Waals surface area contributed by atoms with Crippen LogP contribution in [0.5, 0.6) is 0 Å². The maximum atomic E-state index is 3.94. The molecule has 0 saturated heterocycles. The number of halogens is 1. The molecule has 56 valence electrons. The first kappa shape index (κ1) is 8.49. The Hall–Kier alpha value is 0.390. The van der Waals surface area contributed by atoms with Gasteiger partial charge in [-0.15, -0.1) is 10.2 Å². The van der Waals surface area contributed by atoms with E-state index in [0.29, 0.717) is 0 Å². The fourth-order valence-electron chi connectivity index (χ4n) is 0.441. The Balaban J connectivity index is 2.42. The maximum Gasteiger partial charge on any atom is 0.184 e. The Morgan fingerprint density at radius 3 is 2.90 bits per heavy atom. The minimum absolute atomic E-state index is 0.867. The first-order chi connectivity index (χ1) is 4.83. The van der Waals surface area contributed by atoms with Crippen LogP contribution >= 0.6 is 39.0 Å². The van der Waals surface area contributed by atoms with Crippen LogP contribution in [0, 0.1) is 0 Å². The Bertz CT molecular complexity index is 201. The van der Waals surface area contributed by atoms with Crippen LogP contribution in [-0.4, -0.2) is 16.0 Å². The Morgan fingerprint density at radius 2 is 2.40 bits per heavy atom. The third-order valence-electron chi connectivity index (χ3n) is 0.811. The molecule has 1 heterocycles. The summed E-state index contributed by atoms with van der Waals surface area (Å²) in [5.74, 6) is 1.13. The minimum atomic E-state index is 0.867. The largest absolute Gasteiger partial charge is 0.184 e. The molecule has 1 aromatic rings. The van der Waals surface area contributed by atoms with Gasteiger partial charge in [-0.1, -0.05) is 30.0 Å². The molecule has 1 rings (SSSR count). The second kappa shape index (κ2) is 4.31. The lowest BCUT2D eigenvalue weighted by Gasteiger charge is -1.87. The standard InChI is InChI=1S/C5H7BrN2S2/c1-2-3-9-5-8-7-4(6)10-5/h2-3H2,1H3. The van der Waals surface area contributed by atoms with Gasteiger partial charge in [0.25, 0.3) is 0 Å². The lowest BCUT2D eigenvalue weighted by Crippen LogP contribution is -1.73. The molecule has 2 nitrogen and oxygen atoms in total. The monoisotopic (exact) mass is 238 g/mol. The van der Waals surface area contributed by atoms with Crippen LogP contribution in [0.2, 0.25) is 0 Å². The summed E-state index contributed by atoms with van der Waals surface area (Å²) in [5.41, 5.74) is 0. The van der Waals surface area contributed by atoms with E-state index in [4.69, 9.17) is 0 Å². The zero-order chi connectivity index (χ0) is 7.40. The molecule has 0 atom stereocenters. The van der Waals surface area contributed by atoms with Crippen molar-refractivity contribution in [3.63, 3.8) is 0 Å².